The number of halogens is 2. The van der Waals surface area contributed by atoms with E-state index in [0.29, 0.717) is 21.1 Å². The van der Waals surface area contributed by atoms with Gasteiger partial charge in [-0.05, 0) is 18.1 Å². The third-order valence-corrected chi connectivity index (χ3v) is 4.95. The van der Waals surface area contributed by atoms with Crippen LogP contribution in [0.5, 0.6) is 0 Å². The smallest absolute Gasteiger partial charge is 0.313 e. The zero-order valence-corrected chi connectivity index (χ0v) is 14.1. The lowest BCUT2D eigenvalue weighted by Crippen LogP contribution is -2.09. The van der Waals surface area contributed by atoms with Crippen LogP contribution in [0.2, 0.25) is 10.0 Å². The maximum absolute atomic E-state index is 10.8. The van der Waals surface area contributed by atoms with Gasteiger partial charge in [0.05, 0.1) is 26.8 Å². The second-order valence-corrected chi connectivity index (χ2v) is 6.71. The molecule has 7 heteroatoms. The number of nitrogens with zero attached hydrogens (tertiary/aromatic N) is 2. The lowest BCUT2D eigenvalue weighted by Gasteiger charge is -2.13. The molecule has 4 nitrogen and oxygen atoms in total. The number of hydrogen-bond acceptors (Lipinski definition) is 3. The highest BCUT2D eigenvalue weighted by molar-refractivity contribution is 7.99. The number of fused-ring (bicyclic) bond motifs is 1. The van der Waals surface area contributed by atoms with Crippen LogP contribution in [0.4, 0.5) is 0 Å². The number of carboxylic acid groups (broad SMARTS) is 1. The molecule has 1 atom stereocenters. The van der Waals surface area contributed by atoms with Crippen LogP contribution in [-0.4, -0.2) is 26.4 Å². The van der Waals surface area contributed by atoms with E-state index in [-0.39, 0.29) is 5.75 Å². The number of thioether (sulfide) groups is 1. The minimum Gasteiger partial charge on any atom is -0.481 e. The van der Waals surface area contributed by atoms with Gasteiger partial charge in [0.1, 0.15) is 0 Å². The van der Waals surface area contributed by atoms with Crippen molar-refractivity contribution in [2.45, 2.75) is 32.0 Å². The molecule has 0 radical (unpaired) electrons. The number of carbonyl (C=O) groups is 1. The number of carboxylic acids is 1. The molecule has 0 saturated heterocycles. The van der Waals surface area contributed by atoms with E-state index in [1.165, 1.54) is 11.8 Å². The van der Waals surface area contributed by atoms with Crippen molar-refractivity contribution in [3.8, 4) is 0 Å². The van der Waals surface area contributed by atoms with Gasteiger partial charge in [-0.1, -0.05) is 55.2 Å². The van der Waals surface area contributed by atoms with Crippen molar-refractivity contribution in [2.24, 2.45) is 5.92 Å². The Balaban J connectivity index is 2.48. The Hall–Kier alpha value is -0.910. The summed E-state index contributed by atoms with van der Waals surface area (Å²) in [6.07, 6.45) is 1.03. The minimum atomic E-state index is -0.863. The Morgan fingerprint density at radius 2 is 2.10 bits per heavy atom. The third kappa shape index (κ3) is 3.84. The van der Waals surface area contributed by atoms with Crippen molar-refractivity contribution in [3.05, 3.63) is 22.2 Å². The molecule has 0 saturated carbocycles. The third-order valence-electron chi connectivity index (χ3n) is 3.27. The van der Waals surface area contributed by atoms with Gasteiger partial charge >= 0.3 is 5.97 Å². The molecular formula is C14H16Cl2N2O2S. The standard InChI is InChI=1S/C14H16Cl2N2O2S/c1-3-8(2)6-18-12-5-10(16)9(15)4-11(12)17-14(18)21-7-13(19)20/h4-5,8H,3,6-7H2,1-2H3,(H,19,20). The van der Waals surface area contributed by atoms with Crippen molar-refractivity contribution in [1.29, 1.82) is 0 Å². The quantitative estimate of drug-likeness (QED) is 0.778. The van der Waals surface area contributed by atoms with E-state index < -0.39 is 5.97 Å². The molecule has 1 N–H and O–H groups in total. The Labute approximate surface area is 137 Å². The van der Waals surface area contributed by atoms with Gasteiger partial charge in [0.25, 0.3) is 0 Å². The van der Waals surface area contributed by atoms with Crippen molar-refractivity contribution in [1.82, 2.24) is 9.55 Å². The molecule has 0 spiro atoms. The fraction of sp³-hybridized carbons (Fsp3) is 0.429. The Bertz CT molecular complexity index is 673. The highest BCUT2D eigenvalue weighted by Gasteiger charge is 2.16. The first-order valence-corrected chi connectivity index (χ1v) is 8.36. The highest BCUT2D eigenvalue weighted by atomic mass is 35.5. The van der Waals surface area contributed by atoms with Gasteiger partial charge in [0, 0.05) is 6.54 Å². The predicted octanol–water partition coefficient (Wildman–Crippen LogP) is 4.57. The molecule has 21 heavy (non-hydrogen) atoms. The summed E-state index contributed by atoms with van der Waals surface area (Å²) in [7, 11) is 0. The first-order chi connectivity index (χ1) is 9.92. The molecule has 0 aliphatic rings. The normalized spacial score (nSPS) is 12.8. The number of aromatic nitrogens is 2. The summed E-state index contributed by atoms with van der Waals surface area (Å²) in [5.74, 6) is -0.426. The Morgan fingerprint density at radius 3 is 2.71 bits per heavy atom. The van der Waals surface area contributed by atoms with Crippen LogP contribution in [-0.2, 0) is 11.3 Å². The largest absolute Gasteiger partial charge is 0.481 e. The van der Waals surface area contributed by atoms with Crippen molar-refractivity contribution in [2.75, 3.05) is 5.75 Å². The van der Waals surface area contributed by atoms with E-state index in [1.54, 1.807) is 12.1 Å². The predicted molar refractivity (Wildman–Crippen MR) is 87.6 cm³/mol. The monoisotopic (exact) mass is 346 g/mol. The fourth-order valence-electron chi connectivity index (χ4n) is 1.95. The SMILES string of the molecule is CCC(C)Cn1c(SCC(=O)O)nc2cc(Cl)c(Cl)cc21. The van der Waals surface area contributed by atoms with E-state index in [9.17, 15) is 4.79 Å². The number of hydrogen-bond donors (Lipinski definition) is 1. The molecule has 2 aromatic rings. The molecule has 114 valence electrons. The summed E-state index contributed by atoms with van der Waals surface area (Å²) in [5, 5.41) is 10.5. The first kappa shape index (κ1) is 16.5. The molecule has 1 unspecified atom stereocenters. The average Bonchev–Trinajstić information content (AvgIpc) is 2.74. The molecule has 0 aliphatic heterocycles. The molecule has 0 fully saturated rings. The van der Waals surface area contributed by atoms with Crippen LogP contribution in [0.25, 0.3) is 11.0 Å². The van der Waals surface area contributed by atoms with Crippen LogP contribution in [0.3, 0.4) is 0 Å². The number of aliphatic carboxylic acids is 1. The Morgan fingerprint density at radius 1 is 1.43 bits per heavy atom. The lowest BCUT2D eigenvalue weighted by molar-refractivity contribution is -0.133. The van der Waals surface area contributed by atoms with E-state index in [4.69, 9.17) is 28.3 Å². The Kier molecular flexibility index (Phi) is 5.41. The number of imidazole rings is 1. The second kappa shape index (κ2) is 6.90. The molecule has 1 heterocycles. The van der Waals surface area contributed by atoms with Gasteiger partial charge in [-0.2, -0.15) is 0 Å². The molecule has 1 aromatic carbocycles. The van der Waals surface area contributed by atoms with Crippen LogP contribution >= 0.6 is 35.0 Å². The molecule has 1 aromatic heterocycles. The maximum atomic E-state index is 10.8. The van der Waals surface area contributed by atoms with E-state index >= 15 is 0 Å². The van der Waals surface area contributed by atoms with Crippen LogP contribution in [0, 0.1) is 5.92 Å². The zero-order valence-electron chi connectivity index (χ0n) is 11.8. The van der Waals surface area contributed by atoms with Crippen molar-refractivity contribution >= 4 is 52.0 Å². The molecule has 0 amide bonds. The second-order valence-electron chi connectivity index (χ2n) is 4.96. The zero-order chi connectivity index (χ0) is 15.6. The van der Waals surface area contributed by atoms with E-state index in [1.807, 2.05) is 4.57 Å². The van der Waals surface area contributed by atoms with E-state index in [0.717, 1.165) is 24.0 Å². The van der Waals surface area contributed by atoms with Gasteiger partial charge < -0.3 is 9.67 Å². The van der Waals surface area contributed by atoms with Gasteiger partial charge in [-0.15, -0.1) is 0 Å². The fourth-order valence-corrected chi connectivity index (χ4v) is 3.01. The van der Waals surface area contributed by atoms with Gasteiger partial charge in [-0.3, -0.25) is 4.79 Å². The van der Waals surface area contributed by atoms with Crippen LogP contribution < -0.4 is 0 Å². The number of rotatable bonds is 6. The lowest BCUT2D eigenvalue weighted by atomic mass is 10.1. The molecule has 0 aliphatic carbocycles. The van der Waals surface area contributed by atoms with Crippen molar-refractivity contribution < 1.29 is 9.90 Å². The number of benzene rings is 1. The van der Waals surface area contributed by atoms with E-state index in [2.05, 4.69) is 18.8 Å². The first-order valence-electron chi connectivity index (χ1n) is 6.62. The highest BCUT2D eigenvalue weighted by Crippen LogP contribution is 2.31. The maximum Gasteiger partial charge on any atom is 0.313 e. The summed E-state index contributed by atoms with van der Waals surface area (Å²) in [6, 6.07) is 3.51. The summed E-state index contributed by atoms with van der Waals surface area (Å²) in [5.41, 5.74) is 1.62. The average molecular weight is 347 g/mol. The molecular weight excluding hydrogens is 331 g/mol. The summed E-state index contributed by atoms with van der Waals surface area (Å²) in [4.78, 5) is 15.3. The minimum absolute atomic E-state index is 0.0225. The summed E-state index contributed by atoms with van der Waals surface area (Å²) < 4.78 is 2.03. The van der Waals surface area contributed by atoms with Crippen LogP contribution in [0.1, 0.15) is 20.3 Å². The van der Waals surface area contributed by atoms with Crippen molar-refractivity contribution in [3.63, 3.8) is 0 Å². The van der Waals surface area contributed by atoms with Gasteiger partial charge in [0.2, 0.25) is 0 Å². The van der Waals surface area contributed by atoms with Gasteiger partial charge in [-0.25, -0.2) is 4.98 Å². The summed E-state index contributed by atoms with van der Waals surface area (Å²) >= 11 is 13.3. The van der Waals surface area contributed by atoms with Crippen LogP contribution in [0.15, 0.2) is 17.3 Å². The molecule has 2 rings (SSSR count). The molecule has 0 bridgehead atoms. The topological polar surface area (TPSA) is 55.1 Å². The summed E-state index contributed by atoms with van der Waals surface area (Å²) in [6.45, 7) is 5.04. The van der Waals surface area contributed by atoms with Gasteiger partial charge in [0.15, 0.2) is 5.16 Å².